The van der Waals surface area contributed by atoms with Crippen molar-refractivity contribution >= 4 is 53.7 Å². The molecule has 0 spiro atoms. The van der Waals surface area contributed by atoms with Gasteiger partial charge >= 0.3 is 0 Å². The molecule has 2 aromatic carbocycles. The number of hydrazine groups is 2. The molecule has 0 atom stereocenters. The molecule has 6 aromatic rings. The predicted molar refractivity (Wildman–Crippen MR) is 190 cm³/mol. The molecule has 0 aliphatic heterocycles. The lowest BCUT2D eigenvalue weighted by Gasteiger charge is -2.39. The van der Waals surface area contributed by atoms with Crippen LogP contribution in [0.3, 0.4) is 0 Å². The Labute approximate surface area is 301 Å². The Hall–Kier alpha value is -6.45. The highest BCUT2D eigenvalue weighted by molar-refractivity contribution is 5.75. The van der Waals surface area contributed by atoms with Crippen LogP contribution in [0.2, 0.25) is 0 Å². The lowest BCUT2D eigenvalue weighted by atomic mass is 9.94. The number of anilines is 4. The molecular weight excluding hydrogens is 694 g/mol. The molecule has 16 heteroatoms. The number of oxazole rings is 2. The van der Waals surface area contributed by atoms with E-state index in [-0.39, 0.29) is 40.7 Å². The van der Waals surface area contributed by atoms with Gasteiger partial charge in [0.25, 0.3) is 0 Å². The number of carbonyl (C=O) groups excluding carboxylic acids is 1. The first kappa shape index (κ1) is 36.3. The second kappa shape index (κ2) is 14.3. The van der Waals surface area contributed by atoms with Gasteiger partial charge in [-0.1, -0.05) is 53.7 Å². The first-order valence-electron chi connectivity index (χ1n) is 16.3. The fourth-order valence-corrected chi connectivity index (χ4v) is 4.99. The molecular formula is C37H35F4N9O3. The number of halogens is 4. The molecule has 0 unspecified atom stereocenters. The SMILES string of the molecule is CC(C)(C)c1cnc(C=Cc2cc(N(c3c(F)cccc3F)N(C=O)N(c3cc(C=Cc4ncc(C(C)(C)C)o4)[nH]n3)c3c(F)cccc3F)n[nH]2)o1. The Morgan fingerprint density at radius 2 is 1.00 bits per heavy atom. The average Bonchev–Trinajstić information content (AvgIpc) is 3.91. The number of para-hydroxylation sites is 2. The molecule has 0 saturated heterocycles. The topological polar surface area (TPSA) is 136 Å². The highest BCUT2D eigenvalue weighted by Gasteiger charge is 2.35. The van der Waals surface area contributed by atoms with E-state index in [0.29, 0.717) is 38.0 Å². The summed E-state index contributed by atoms with van der Waals surface area (Å²) >= 11 is 0. The van der Waals surface area contributed by atoms with Gasteiger partial charge in [0.05, 0.1) is 23.8 Å². The van der Waals surface area contributed by atoms with E-state index in [9.17, 15) is 4.79 Å². The minimum atomic E-state index is -1.12. The number of benzene rings is 2. The smallest absolute Gasteiger partial charge is 0.249 e. The third-order valence-electron chi connectivity index (χ3n) is 7.74. The van der Waals surface area contributed by atoms with Gasteiger partial charge in [-0.2, -0.15) is 10.2 Å². The highest BCUT2D eigenvalue weighted by atomic mass is 19.1. The number of H-pyrrole nitrogens is 2. The van der Waals surface area contributed by atoms with Crippen LogP contribution < -0.4 is 10.0 Å². The highest BCUT2D eigenvalue weighted by Crippen LogP contribution is 2.38. The number of amides is 1. The number of nitrogens with zero attached hydrogens (tertiary/aromatic N) is 7. The van der Waals surface area contributed by atoms with Crippen molar-refractivity contribution in [1.82, 2.24) is 35.5 Å². The van der Waals surface area contributed by atoms with E-state index < -0.39 is 34.6 Å². The molecule has 0 fully saturated rings. The molecule has 1 amide bonds. The summed E-state index contributed by atoms with van der Waals surface area (Å²) in [6.07, 6.45) is 9.47. The molecule has 0 radical (unpaired) electrons. The number of aromatic nitrogens is 6. The van der Waals surface area contributed by atoms with Crippen LogP contribution >= 0.6 is 0 Å². The third kappa shape index (κ3) is 7.75. The quantitative estimate of drug-likeness (QED) is 0.0761. The molecule has 0 bridgehead atoms. The molecule has 53 heavy (non-hydrogen) atoms. The monoisotopic (exact) mass is 729 g/mol. The maximum Gasteiger partial charge on any atom is 0.249 e. The lowest BCUT2D eigenvalue weighted by Crippen LogP contribution is -2.50. The van der Waals surface area contributed by atoms with Gasteiger partial charge in [0, 0.05) is 35.1 Å². The number of nitrogens with one attached hydrogen (secondary N) is 2. The summed E-state index contributed by atoms with van der Waals surface area (Å²) in [5.74, 6) is -3.13. The van der Waals surface area contributed by atoms with E-state index in [2.05, 4.69) is 30.4 Å². The number of rotatable bonds is 11. The van der Waals surface area contributed by atoms with Crippen molar-refractivity contribution < 1.29 is 31.2 Å². The van der Waals surface area contributed by atoms with E-state index in [1.807, 2.05) is 41.5 Å². The van der Waals surface area contributed by atoms with E-state index in [1.165, 1.54) is 24.3 Å². The van der Waals surface area contributed by atoms with Gasteiger partial charge in [0.1, 0.15) is 22.9 Å². The van der Waals surface area contributed by atoms with E-state index >= 15 is 17.6 Å². The molecule has 4 heterocycles. The van der Waals surface area contributed by atoms with Crippen molar-refractivity contribution in [2.24, 2.45) is 0 Å². The molecule has 274 valence electrons. The van der Waals surface area contributed by atoms with Crippen molar-refractivity contribution in [3.63, 3.8) is 0 Å². The normalized spacial score (nSPS) is 12.3. The number of aromatic amines is 2. The first-order valence-corrected chi connectivity index (χ1v) is 16.3. The van der Waals surface area contributed by atoms with Crippen LogP contribution in [-0.4, -0.2) is 41.9 Å². The van der Waals surface area contributed by atoms with E-state index in [0.717, 1.165) is 36.4 Å². The van der Waals surface area contributed by atoms with Crippen molar-refractivity contribution in [2.75, 3.05) is 10.0 Å². The Morgan fingerprint density at radius 1 is 0.623 bits per heavy atom. The maximum atomic E-state index is 15.6. The summed E-state index contributed by atoms with van der Waals surface area (Å²) in [5, 5.41) is 15.8. The summed E-state index contributed by atoms with van der Waals surface area (Å²) in [6.45, 7) is 11.8. The molecule has 0 aliphatic carbocycles. The largest absolute Gasteiger partial charge is 0.441 e. The minimum absolute atomic E-state index is 0.105. The molecule has 0 aliphatic rings. The van der Waals surface area contributed by atoms with Crippen LogP contribution in [0.4, 0.5) is 40.6 Å². The molecule has 12 nitrogen and oxygen atoms in total. The fraction of sp³-hybridized carbons (Fsp3) is 0.216. The van der Waals surface area contributed by atoms with Crippen LogP contribution in [0.5, 0.6) is 0 Å². The van der Waals surface area contributed by atoms with Crippen molar-refractivity contribution in [2.45, 2.75) is 52.4 Å². The second-order valence-corrected chi connectivity index (χ2v) is 13.8. The third-order valence-corrected chi connectivity index (χ3v) is 7.74. The van der Waals surface area contributed by atoms with Gasteiger partial charge in [-0.05, 0) is 36.4 Å². The number of carbonyl (C=O) groups is 1. The van der Waals surface area contributed by atoms with Crippen molar-refractivity contribution in [3.05, 3.63) is 119 Å². The molecule has 4 aromatic heterocycles. The van der Waals surface area contributed by atoms with E-state index in [4.69, 9.17) is 8.83 Å². The Kier molecular flexibility index (Phi) is 9.80. The van der Waals surface area contributed by atoms with Gasteiger partial charge < -0.3 is 8.83 Å². The summed E-state index contributed by atoms with van der Waals surface area (Å²) in [7, 11) is 0. The fourth-order valence-electron chi connectivity index (χ4n) is 4.99. The number of hydrogen-bond donors (Lipinski definition) is 2. The average molecular weight is 730 g/mol. The summed E-state index contributed by atoms with van der Waals surface area (Å²) < 4.78 is 74.1. The maximum absolute atomic E-state index is 15.6. The summed E-state index contributed by atoms with van der Waals surface area (Å²) in [5.41, 5.74) is -1.57. The Bertz CT molecular complexity index is 2100. The minimum Gasteiger partial charge on any atom is -0.441 e. The van der Waals surface area contributed by atoms with Crippen LogP contribution in [0.15, 0.2) is 69.8 Å². The lowest BCUT2D eigenvalue weighted by molar-refractivity contribution is -0.118. The van der Waals surface area contributed by atoms with Gasteiger partial charge in [0.2, 0.25) is 18.2 Å². The van der Waals surface area contributed by atoms with Gasteiger partial charge in [-0.3, -0.25) is 15.0 Å². The second-order valence-electron chi connectivity index (χ2n) is 13.8. The first-order chi connectivity index (χ1) is 25.1. The summed E-state index contributed by atoms with van der Waals surface area (Å²) in [4.78, 5) is 21.6. The Balaban J connectivity index is 1.44. The zero-order chi connectivity index (χ0) is 38.1. The molecule has 0 saturated carbocycles. The number of hydrogen-bond acceptors (Lipinski definition) is 9. The van der Waals surface area contributed by atoms with E-state index in [1.54, 1.807) is 24.5 Å². The van der Waals surface area contributed by atoms with Gasteiger partial charge in [-0.15, -0.1) is 5.12 Å². The molecule has 2 N–H and O–H groups in total. The van der Waals surface area contributed by atoms with Gasteiger partial charge in [0.15, 0.2) is 34.9 Å². The Morgan fingerprint density at radius 3 is 1.32 bits per heavy atom. The standard InChI is InChI=1S/C37H35F4N9O3/c1-36(2,3)28-19-42-32(52-28)15-13-22-17-30(46-44-22)49(34-24(38)9-7-10-25(34)39)48(21-51)50(35-26(40)11-8-12-27(35)41)31-18-23(45-47-31)14-16-33-43-20-29(53-33)37(4,5)6/h7-21H,1-6H3,(H,44,46)(H,45,47). The van der Waals surface area contributed by atoms with Gasteiger partial charge in [-0.25, -0.2) is 37.5 Å². The van der Waals surface area contributed by atoms with Crippen LogP contribution in [0.1, 0.15) is 76.2 Å². The zero-order valence-corrected chi connectivity index (χ0v) is 29.5. The predicted octanol–water partition coefficient (Wildman–Crippen LogP) is 8.87. The zero-order valence-electron chi connectivity index (χ0n) is 29.5. The van der Waals surface area contributed by atoms with Crippen molar-refractivity contribution in [3.8, 4) is 0 Å². The summed E-state index contributed by atoms with van der Waals surface area (Å²) in [6, 6.07) is 8.77. The van der Waals surface area contributed by atoms with Crippen LogP contribution in [0, 0.1) is 23.3 Å². The van der Waals surface area contributed by atoms with Crippen LogP contribution in [-0.2, 0) is 15.6 Å². The molecule has 6 rings (SSSR count). The van der Waals surface area contributed by atoms with Crippen LogP contribution in [0.25, 0.3) is 24.3 Å². The van der Waals surface area contributed by atoms with Crippen molar-refractivity contribution in [1.29, 1.82) is 0 Å².